The maximum Gasteiger partial charge on any atom is 0.146 e. The van der Waals surface area contributed by atoms with Crippen LogP contribution in [0.3, 0.4) is 0 Å². The average Bonchev–Trinajstić information content (AvgIpc) is 3.00. The first-order valence-corrected chi connectivity index (χ1v) is 14.0. The van der Waals surface area contributed by atoms with Gasteiger partial charge in [0.05, 0.1) is 14.2 Å². The number of rotatable bonds is 11. The van der Waals surface area contributed by atoms with Gasteiger partial charge in [0.25, 0.3) is 0 Å². The molecule has 0 heterocycles. The normalized spacial score (nSPS) is 10.7. The Hall–Kier alpha value is -3.92. The number of hydrogen-bond acceptors (Lipinski definition) is 4. The van der Waals surface area contributed by atoms with Gasteiger partial charge >= 0.3 is 0 Å². The Bertz CT molecular complexity index is 1330. The predicted octanol–water partition coefficient (Wildman–Crippen LogP) is 9.59. The standard InChI is InChI=1S/C33H36N2O2.C2H6/c1-5-25-10-12-27(13-11-25)15-17-29-19-21-31(33(23-29)37-4)35-34-30-20-18-28(22-32(30)36-3)16-14-26-8-6-24(2)7-9-26;1-2/h6-13,18-23H,5,14-17H2,1-4H3;1-2H3. The Balaban J connectivity index is 0.00000205. The van der Waals surface area contributed by atoms with Crippen LogP contribution in [0.15, 0.2) is 95.2 Å². The minimum absolute atomic E-state index is 0.697. The summed E-state index contributed by atoms with van der Waals surface area (Å²) in [6, 6.07) is 29.8. The molecule has 204 valence electrons. The molecule has 0 bridgehead atoms. The summed E-state index contributed by atoms with van der Waals surface area (Å²) in [6.45, 7) is 8.29. The molecular formula is C35H42N2O2. The van der Waals surface area contributed by atoms with Crippen LogP contribution in [0.5, 0.6) is 11.5 Å². The van der Waals surface area contributed by atoms with E-state index in [0.717, 1.165) is 43.6 Å². The Morgan fingerprint density at radius 1 is 0.513 bits per heavy atom. The zero-order chi connectivity index (χ0) is 28.0. The van der Waals surface area contributed by atoms with Crippen molar-refractivity contribution in [2.45, 2.75) is 59.8 Å². The summed E-state index contributed by atoms with van der Waals surface area (Å²) >= 11 is 0. The maximum atomic E-state index is 5.63. The van der Waals surface area contributed by atoms with Gasteiger partial charge in [-0.1, -0.05) is 87.0 Å². The van der Waals surface area contributed by atoms with Gasteiger partial charge in [0, 0.05) is 0 Å². The number of methoxy groups -OCH3 is 2. The first-order chi connectivity index (χ1) is 19.1. The van der Waals surface area contributed by atoms with Crippen molar-refractivity contribution in [3.8, 4) is 11.5 Å². The van der Waals surface area contributed by atoms with E-state index in [1.165, 1.54) is 33.4 Å². The lowest BCUT2D eigenvalue weighted by Gasteiger charge is -2.09. The largest absolute Gasteiger partial charge is 0.494 e. The Labute approximate surface area is 234 Å². The van der Waals surface area contributed by atoms with Gasteiger partial charge in [-0.25, -0.2) is 0 Å². The van der Waals surface area contributed by atoms with Gasteiger partial charge in [0.2, 0.25) is 0 Å². The van der Waals surface area contributed by atoms with Gasteiger partial charge in [-0.05, 0) is 91.1 Å². The maximum absolute atomic E-state index is 5.63. The number of hydrogen-bond donors (Lipinski definition) is 0. The van der Waals surface area contributed by atoms with Crippen molar-refractivity contribution < 1.29 is 9.47 Å². The van der Waals surface area contributed by atoms with Gasteiger partial charge in [-0.2, -0.15) is 0 Å². The first kappa shape index (κ1) is 29.6. The minimum Gasteiger partial charge on any atom is -0.494 e. The van der Waals surface area contributed by atoms with Gasteiger partial charge in [0.15, 0.2) is 0 Å². The second-order valence-corrected chi connectivity index (χ2v) is 9.37. The van der Waals surface area contributed by atoms with Crippen LogP contribution in [0.2, 0.25) is 0 Å². The fourth-order valence-corrected chi connectivity index (χ4v) is 4.30. The van der Waals surface area contributed by atoms with Crippen molar-refractivity contribution in [2.75, 3.05) is 14.2 Å². The fraction of sp³-hybridized carbons (Fsp3) is 0.314. The van der Waals surface area contributed by atoms with E-state index in [4.69, 9.17) is 9.47 Å². The first-order valence-electron chi connectivity index (χ1n) is 14.0. The topological polar surface area (TPSA) is 43.2 Å². The molecule has 4 nitrogen and oxygen atoms in total. The van der Waals surface area contributed by atoms with Crippen LogP contribution in [-0.2, 0) is 32.1 Å². The second-order valence-electron chi connectivity index (χ2n) is 9.37. The number of nitrogens with zero attached hydrogens (tertiary/aromatic N) is 2. The highest BCUT2D eigenvalue weighted by molar-refractivity contribution is 5.56. The summed E-state index contributed by atoms with van der Waals surface area (Å²) in [5.41, 5.74) is 9.14. The van der Waals surface area contributed by atoms with E-state index in [9.17, 15) is 0 Å². The molecular weight excluding hydrogens is 480 g/mol. The third kappa shape index (κ3) is 8.81. The highest BCUT2D eigenvalue weighted by atomic mass is 16.5. The Morgan fingerprint density at radius 2 is 0.872 bits per heavy atom. The van der Waals surface area contributed by atoms with E-state index in [-0.39, 0.29) is 0 Å². The molecule has 0 saturated heterocycles. The molecule has 0 aromatic heterocycles. The molecule has 4 aromatic rings. The summed E-state index contributed by atoms with van der Waals surface area (Å²) in [6.07, 6.45) is 4.92. The van der Waals surface area contributed by atoms with Crippen LogP contribution < -0.4 is 9.47 Å². The molecule has 4 heteroatoms. The minimum atomic E-state index is 0.697. The molecule has 0 saturated carbocycles. The molecule has 0 radical (unpaired) electrons. The molecule has 0 fully saturated rings. The number of azo groups is 1. The van der Waals surface area contributed by atoms with Crippen molar-refractivity contribution in [1.29, 1.82) is 0 Å². The van der Waals surface area contributed by atoms with Gasteiger partial charge in [-0.15, -0.1) is 10.2 Å². The molecule has 0 aliphatic carbocycles. The number of aryl methyl sites for hydroxylation is 6. The van der Waals surface area contributed by atoms with Gasteiger partial charge < -0.3 is 9.47 Å². The van der Waals surface area contributed by atoms with Crippen molar-refractivity contribution >= 4 is 11.4 Å². The van der Waals surface area contributed by atoms with Crippen LogP contribution in [0.4, 0.5) is 11.4 Å². The van der Waals surface area contributed by atoms with E-state index in [1.807, 2.05) is 26.0 Å². The molecule has 0 spiro atoms. The molecule has 39 heavy (non-hydrogen) atoms. The van der Waals surface area contributed by atoms with E-state index in [0.29, 0.717) is 11.4 Å². The quantitative estimate of drug-likeness (QED) is 0.184. The smallest absolute Gasteiger partial charge is 0.146 e. The van der Waals surface area contributed by atoms with Crippen LogP contribution in [0.25, 0.3) is 0 Å². The molecule has 0 atom stereocenters. The third-order valence-corrected chi connectivity index (χ3v) is 6.71. The number of benzene rings is 4. The van der Waals surface area contributed by atoms with Crippen LogP contribution >= 0.6 is 0 Å². The van der Waals surface area contributed by atoms with Gasteiger partial charge in [-0.3, -0.25) is 0 Å². The SMILES string of the molecule is CC.CCc1ccc(CCc2ccc(N=Nc3ccc(CCc4ccc(C)cc4)cc3OC)c(OC)c2)cc1. The Morgan fingerprint density at radius 3 is 1.28 bits per heavy atom. The summed E-state index contributed by atoms with van der Waals surface area (Å²) in [7, 11) is 3.34. The van der Waals surface area contributed by atoms with Crippen LogP contribution in [0.1, 0.15) is 54.2 Å². The lowest BCUT2D eigenvalue weighted by molar-refractivity contribution is 0.413. The third-order valence-electron chi connectivity index (χ3n) is 6.71. The van der Waals surface area contributed by atoms with Crippen molar-refractivity contribution in [3.05, 3.63) is 118 Å². The average molecular weight is 523 g/mol. The summed E-state index contributed by atoms with van der Waals surface area (Å²) < 4.78 is 11.3. The lowest BCUT2D eigenvalue weighted by Crippen LogP contribution is -1.93. The fourth-order valence-electron chi connectivity index (χ4n) is 4.30. The molecule has 0 aliphatic rings. The molecule has 0 aliphatic heterocycles. The molecule has 0 unspecified atom stereocenters. The Kier molecular flexibility index (Phi) is 11.8. The summed E-state index contributed by atoms with van der Waals surface area (Å²) in [4.78, 5) is 0. The van der Waals surface area contributed by atoms with E-state index in [1.54, 1.807) is 14.2 Å². The zero-order valence-electron chi connectivity index (χ0n) is 24.3. The molecule has 0 N–H and O–H groups in total. The monoisotopic (exact) mass is 522 g/mol. The zero-order valence-corrected chi connectivity index (χ0v) is 24.3. The number of ether oxygens (including phenoxy) is 2. The van der Waals surface area contributed by atoms with Crippen molar-refractivity contribution in [2.24, 2.45) is 10.2 Å². The summed E-state index contributed by atoms with van der Waals surface area (Å²) in [5, 5.41) is 8.97. The second kappa shape index (κ2) is 15.5. The highest BCUT2D eigenvalue weighted by Gasteiger charge is 2.08. The molecule has 4 aromatic carbocycles. The molecule has 0 amide bonds. The molecule has 4 rings (SSSR count). The van der Waals surface area contributed by atoms with E-state index < -0.39 is 0 Å². The van der Waals surface area contributed by atoms with Crippen molar-refractivity contribution in [3.63, 3.8) is 0 Å². The van der Waals surface area contributed by atoms with E-state index >= 15 is 0 Å². The van der Waals surface area contributed by atoms with Gasteiger partial charge in [0.1, 0.15) is 22.9 Å². The van der Waals surface area contributed by atoms with Crippen LogP contribution in [0, 0.1) is 6.92 Å². The predicted molar refractivity (Wildman–Crippen MR) is 163 cm³/mol. The summed E-state index contributed by atoms with van der Waals surface area (Å²) in [5.74, 6) is 1.44. The lowest BCUT2D eigenvalue weighted by atomic mass is 10.0. The van der Waals surface area contributed by atoms with Crippen LogP contribution in [-0.4, -0.2) is 14.2 Å². The highest BCUT2D eigenvalue weighted by Crippen LogP contribution is 2.34. The van der Waals surface area contributed by atoms with Crippen molar-refractivity contribution in [1.82, 2.24) is 0 Å². The van der Waals surface area contributed by atoms with E-state index in [2.05, 4.69) is 96.9 Å².